The molecule has 0 fully saturated rings. The zero-order valence-corrected chi connectivity index (χ0v) is 8.80. The Morgan fingerprint density at radius 1 is 1.62 bits per heavy atom. The number of nitrogens with two attached hydrogens (primary N) is 1. The summed E-state index contributed by atoms with van der Waals surface area (Å²) in [5.74, 6) is 0.130. The first-order valence-electron chi connectivity index (χ1n) is 4.76. The van der Waals surface area contributed by atoms with Gasteiger partial charge in [-0.2, -0.15) is 4.98 Å². The topological polar surface area (TPSA) is 97.8 Å². The van der Waals surface area contributed by atoms with E-state index in [1.54, 1.807) is 10.9 Å². The zero-order valence-electron chi connectivity index (χ0n) is 8.80. The number of nitrogens with one attached hydrogen (secondary N) is 1. The van der Waals surface area contributed by atoms with Crippen molar-refractivity contribution in [3.8, 4) is 0 Å². The monoisotopic (exact) mass is 222 g/mol. The molecule has 0 aliphatic rings. The molecule has 2 heterocycles. The molecule has 2 aromatic rings. The Labute approximate surface area is 91.3 Å². The number of hydrogen-bond acceptors (Lipinski definition) is 5. The van der Waals surface area contributed by atoms with Gasteiger partial charge in [0.2, 0.25) is 5.52 Å². The average molecular weight is 222 g/mol. The number of aryl methyl sites for hydroxylation is 1. The molecule has 0 spiro atoms. The fraction of sp³-hybridized carbons (Fsp3) is 0.333. The number of anilines is 1. The van der Waals surface area contributed by atoms with Gasteiger partial charge in [0.25, 0.3) is 0 Å². The van der Waals surface area contributed by atoms with E-state index in [1.165, 1.54) is 13.4 Å². The molecule has 16 heavy (non-hydrogen) atoms. The molecule has 0 radical (unpaired) electrons. The number of carbonyl (C=O) groups excluding carboxylic acids is 1. The summed E-state index contributed by atoms with van der Waals surface area (Å²) in [6, 6.07) is 0. The number of ether oxygens (including phenoxy) is 1. The fourth-order valence-electron chi connectivity index (χ4n) is 1.43. The van der Waals surface area contributed by atoms with Crippen LogP contribution in [0, 0.1) is 0 Å². The number of rotatable bonds is 3. The molecule has 0 aromatic carbocycles. The van der Waals surface area contributed by atoms with Crippen LogP contribution in [-0.2, 0) is 16.1 Å². The quantitative estimate of drug-likeness (QED) is 0.533. The lowest BCUT2D eigenvalue weighted by Crippen LogP contribution is -2.34. The second-order valence-electron chi connectivity index (χ2n) is 3.25. The lowest BCUT2D eigenvalue weighted by atomic mass is 10.4. The minimum absolute atomic E-state index is 0.260. The summed E-state index contributed by atoms with van der Waals surface area (Å²) in [7, 11) is 1.36. The molecule has 0 unspecified atom stereocenters. The van der Waals surface area contributed by atoms with Crippen LogP contribution in [-0.4, -0.2) is 28.0 Å². The number of nitrogens with zero attached hydrogens (tertiary/aromatic N) is 3. The Balaban J connectivity index is 2.25. The van der Waals surface area contributed by atoms with E-state index in [4.69, 9.17) is 5.73 Å². The Bertz CT molecular complexity index is 522. The van der Waals surface area contributed by atoms with E-state index < -0.39 is 0 Å². The van der Waals surface area contributed by atoms with Crippen LogP contribution in [0.1, 0.15) is 6.42 Å². The van der Waals surface area contributed by atoms with E-state index in [9.17, 15) is 4.79 Å². The molecule has 0 amide bonds. The Hall–Kier alpha value is -2.18. The second-order valence-corrected chi connectivity index (χ2v) is 3.25. The van der Waals surface area contributed by atoms with Crippen LogP contribution in [0.25, 0.3) is 11.2 Å². The lowest BCUT2D eigenvalue weighted by molar-refractivity contribution is -0.672. The number of aromatic amines is 1. The van der Waals surface area contributed by atoms with Crippen molar-refractivity contribution in [2.45, 2.75) is 13.0 Å². The van der Waals surface area contributed by atoms with Gasteiger partial charge in [0.1, 0.15) is 0 Å². The smallest absolute Gasteiger partial charge is 0.308 e. The van der Waals surface area contributed by atoms with Gasteiger partial charge < -0.3 is 10.5 Å². The van der Waals surface area contributed by atoms with Crippen molar-refractivity contribution in [3.05, 3.63) is 12.7 Å². The van der Waals surface area contributed by atoms with E-state index in [1.807, 2.05) is 0 Å². The third-order valence-corrected chi connectivity index (χ3v) is 2.28. The van der Waals surface area contributed by atoms with E-state index in [-0.39, 0.29) is 12.4 Å². The van der Waals surface area contributed by atoms with Gasteiger partial charge in [-0.3, -0.25) is 9.78 Å². The van der Waals surface area contributed by atoms with Crippen molar-refractivity contribution in [2.75, 3.05) is 12.8 Å². The van der Waals surface area contributed by atoms with Crippen molar-refractivity contribution in [1.82, 2.24) is 15.0 Å². The summed E-state index contributed by atoms with van der Waals surface area (Å²) in [5, 5.41) is 0. The summed E-state index contributed by atoms with van der Waals surface area (Å²) in [4.78, 5) is 21.9. The zero-order chi connectivity index (χ0) is 11.5. The summed E-state index contributed by atoms with van der Waals surface area (Å²) in [6.07, 6.45) is 3.39. The number of aromatic nitrogens is 4. The minimum Gasteiger partial charge on any atom is -0.469 e. The highest BCUT2D eigenvalue weighted by atomic mass is 16.5. The molecule has 7 heteroatoms. The molecule has 7 nitrogen and oxygen atoms in total. The minimum atomic E-state index is -0.260. The van der Waals surface area contributed by atoms with Crippen molar-refractivity contribution in [3.63, 3.8) is 0 Å². The predicted molar refractivity (Wildman–Crippen MR) is 55.1 cm³/mol. The number of imidazole rings is 1. The number of fused-ring (bicyclic) bond motifs is 1. The highest BCUT2D eigenvalue weighted by Gasteiger charge is 2.15. The van der Waals surface area contributed by atoms with Gasteiger partial charge in [-0.15, -0.1) is 0 Å². The summed E-state index contributed by atoms with van der Waals surface area (Å²) in [6.45, 7) is 0.489. The van der Waals surface area contributed by atoms with E-state index in [0.29, 0.717) is 23.5 Å². The number of methoxy groups -OCH3 is 1. The van der Waals surface area contributed by atoms with Gasteiger partial charge in [-0.05, 0) is 0 Å². The molecule has 2 aromatic heterocycles. The summed E-state index contributed by atoms with van der Waals surface area (Å²) >= 11 is 0. The van der Waals surface area contributed by atoms with Crippen LogP contribution >= 0.6 is 0 Å². The van der Waals surface area contributed by atoms with Gasteiger partial charge >= 0.3 is 11.6 Å². The van der Waals surface area contributed by atoms with Crippen LogP contribution < -0.4 is 10.3 Å². The summed E-state index contributed by atoms with van der Waals surface area (Å²) in [5.41, 5.74) is 7.02. The molecule has 0 aliphatic heterocycles. The van der Waals surface area contributed by atoms with Crippen molar-refractivity contribution >= 4 is 23.0 Å². The summed E-state index contributed by atoms with van der Waals surface area (Å²) < 4.78 is 6.36. The number of carbonyl (C=O) groups is 1. The van der Waals surface area contributed by atoms with Crippen LogP contribution in [0.5, 0.6) is 0 Å². The maximum atomic E-state index is 11.0. The Morgan fingerprint density at radius 2 is 2.44 bits per heavy atom. The average Bonchev–Trinajstić information content (AvgIpc) is 2.70. The van der Waals surface area contributed by atoms with Crippen LogP contribution in [0.4, 0.5) is 5.82 Å². The molecule has 84 valence electrons. The SMILES string of the molecule is COC(=O)CC[n+]1c[nH]c2c(N)ncnc21. The van der Waals surface area contributed by atoms with Crippen LogP contribution in [0.3, 0.4) is 0 Å². The van der Waals surface area contributed by atoms with Gasteiger partial charge in [0, 0.05) is 0 Å². The number of H-pyrrole nitrogens is 1. The fourth-order valence-corrected chi connectivity index (χ4v) is 1.43. The van der Waals surface area contributed by atoms with Gasteiger partial charge in [0.05, 0.1) is 20.1 Å². The third-order valence-electron chi connectivity index (χ3n) is 2.28. The maximum absolute atomic E-state index is 11.0. The number of hydrogen-bond donors (Lipinski definition) is 2. The predicted octanol–water partition coefficient (Wildman–Crippen LogP) is -0.609. The van der Waals surface area contributed by atoms with Crippen LogP contribution in [0.15, 0.2) is 12.7 Å². The third kappa shape index (κ3) is 1.79. The molecule has 0 saturated heterocycles. The number of nitrogen functional groups attached to an aromatic ring is 1. The van der Waals surface area contributed by atoms with Gasteiger partial charge in [0.15, 0.2) is 18.5 Å². The maximum Gasteiger partial charge on any atom is 0.308 e. The normalized spacial score (nSPS) is 10.6. The van der Waals surface area contributed by atoms with Crippen molar-refractivity contribution < 1.29 is 14.1 Å². The van der Waals surface area contributed by atoms with Crippen molar-refractivity contribution in [1.29, 1.82) is 0 Å². The van der Waals surface area contributed by atoms with Gasteiger partial charge in [-0.1, -0.05) is 4.98 Å². The molecule has 0 saturated carbocycles. The molecule has 0 atom stereocenters. The Morgan fingerprint density at radius 3 is 3.19 bits per heavy atom. The van der Waals surface area contributed by atoms with Gasteiger partial charge in [-0.25, -0.2) is 4.57 Å². The first kappa shape index (κ1) is 10.3. The highest BCUT2D eigenvalue weighted by molar-refractivity contribution is 5.78. The first-order valence-corrected chi connectivity index (χ1v) is 4.76. The molecule has 2 rings (SSSR count). The van der Waals surface area contributed by atoms with Crippen molar-refractivity contribution in [2.24, 2.45) is 0 Å². The molecule has 0 bridgehead atoms. The van der Waals surface area contributed by atoms with E-state index >= 15 is 0 Å². The first-order chi connectivity index (χ1) is 7.72. The van der Waals surface area contributed by atoms with E-state index in [2.05, 4.69) is 19.7 Å². The highest BCUT2D eigenvalue weighted by Crippen LogP contribution is 2.09. The largest absolute Gasteiger partial charge is 0.469 e. The standard InChI is InChI=1S/C9H11N5O2/c1-16-6(15)2-3-14-5-13-7-8(10)11-4-12-9(7)14/h4-5H,2-3H2,1H3,(H2,10,11,12)/p+1. The Kier molecular flexibility index (Phi) is 2.67. The molecular formula is C9H12N5O2+. The molecule has 3 N–H and O–H groups in total. The molecule has 0 aliphatic carbocycles. The lowest BCUT2D eigenvalue weighted by Gasteiger charge is -1.97. The van der Waals surface area contributed by atoms with E-state index in [0.717, 1.165) is 0 Å². The van der Waals surface area contributed by atoms with Crippen LogP contribution in [0.2, 0.25) is 0 Å². The number of esters is 1. The second kappa shape index (κ2) is 4.13. The molecular weight excluding hydrogens is 210 g/mol.